The first-order valence-corrected chi connectivity index (χ1v) is 6.64. The number of benzene rings is 2. The Morgan fingerprint density at radius 2 is 1.75 bits per heavy atom. The van der Waals surface area contributed by atoms with Crippen LogP contribution in [0.1, 0.15) is 27.6 Å². The molecule has 2 aromatic rings. The van der Waals surface area contributed by atoms with Gasteiger partial charge in [-0.3, -0.25) is 4.79 Å². The summed E-state index contributed by atoms with van der Waals surface area (Å²) in [5.74, 6) is -0.0684. The number of amides is 1. The molecule has 1 amide bonds. The molecule has 0 aliphatic carbocycles. The minimum atomic E-state index is -0.135. The predicted octanol–water partition coefficient (Wildman–Crippen LogP) is 3.11. The minimum Gasteiger partial charge on any atom is -0.375 e. The van der Waals surface area contributed by atoms with Crippen LogP contribution in [0.2, 0.25) is 0 Å². The Balaban J connectivity index is 2.01. The number of ether oxygens (including phenoxy) is 1. The van der Waals surface area contributed by atoms with Gasteiger partial charge in [-0.1, -0.05) is 48.5 Å². The molecule has 3 heteroatoms. The maximum Gasteiger partial charge on any atom is 0.251 e. The molecule has 2 rings (SSSR count). The van der Waals surface area contributed by atoms with Gasteiger partial charge in [-0.25, -0.2) is 0 Å². The SMILES string of the molecule is COC(CNC(=O)c1ccccc1C)c1ccccc1. The second-order valence-electron chi connectivity index (χ2n) is 4.66. The summed E-state index contributed by atoms with van der Waals surface area (Å²) in [4.78, 5) is 12.2. The maximum atomic E-state index is 12.2. The third-order valence-electron chi connectivity index (χ3n) is 3.29. The normalized spacial score (nSPS) is 11.9. The van der Waals surface area contributed by atoms with Gasteiger partial charge in [0, 0.05) is 19.2 Å². The Morgan fingerprint density at radius 3 is 2.40 bits per heavy atom. The van der Waals surface area contributed by atoms with Gasteiger partial charge < -0.3 is 10.1 Å². The molecule has 104 valence electrons. The summed E-state index contributed by atoms with van der Waals surface area (Å²) in [7, 11) is 1.65. The molecule has 0 heterocycles. The van der Waals surface area contributed by atoms with E-state index in [1.54, 1.807) is 7.11 Å². The zero-order valence-electron chi connectivity index (χ0n) is 11.8. The molecule has 0 aromatic heterocycles. The molecule has 0 saturated carbocycles. The smallest absolute Gasteiger partial charge is 0.251 e. The van der Waals surface area contributed by atoms with Crippen LogP contribution in [-0.4, -0.2) is 19.6 Å². The van der Waals surface area contributed by atoms with Crippen LogP contribution in [-0.2, 0) is 4.74 Å². The Hall–Kier alpha value is -2.13. The molecule has 2 aromatic carbocycles. The molecule has 0 bridgehead atoms. The van der Waals surface area contributed by atoms with E-state index in [9.17, 15) is 4.79 Å². The lowest BCUT2D eigenvalue weighted by Gasteiger charge is -2.17. The summed E-state index contributed by atoms with van der Waals surface area (Å²) in [5.41, 5.74) is 2.73. The van der Waals surface area contributed by atoms with E-state index in [0.717, 1.165) is 11.1 Å². The van der Waals surface area contributed by atoms with Gasteiger partial charge in [0.1, 0.15) is 0 Å². The fourth-order valence-corrected chi connectivity index (χ4v) is 2.11. The lowest BCUT2D eigenvalue weighted by Crippen LogP contribution is -2.29. The van der Waals surface area contributed by atoms with Crippen molar-refractivity contribution < 1.29 is 9.53 Å². The number of aryl methyl sites for hydroxylation is 1. The van der Waals surface area contributed by atoms with Crippen LogP contribution in [0.3, 0.4) is 0 Å². The lowest BCUT2D eigenvalue weighted by molar-refractivity contribution is 0.0827. The summed E-state index contributed by atoms with van der Waals surface area (Å²) in [5, 5.41) is 2.93. The number of methoxy groups -OCH3 is 1. The summed E-state index contributed by atoms with van der Waals surface area (Å²) in [6.45, 7) is 2.38. The van der Waals surface area contributed by atoms with Crippen LogP contribution in [0.25, 0.3) is 0 Å². The van der Waals surface area contributed by atoms with Gasteiger partial charge in [0.2, 0.25) is 0 Å². The van der Waals surface area contributed by atoms with Crippen molar-refractivity contribution in [1.82, 2.24) is 5.32 Å². The van der Waals surface area contributed by atoms with E-state index < -0.39 is 0 Å². The molecular formula is C17H19NO2. The van der Waals surface area contributed by atoms with E-state index >= 15 is 0 Å². The van der Waals surface area contributed by atoms with E-state index in [4.69, 9.17) is 4.74 Å². The van der Waals surface area contributed by atoms with Crippen molar-refractivity contribution in [2.24, 2.45) is 0 Å². The zero-order valence-corrected chi connectivity index (χ0v) is 11.8. The summed E-state index contributed by atoms with van der Waals surface area (Å²) >= 11 is 0. The van der Waals surface area contributed by atoms with Crippen molar-refractivity contribution in [2.75, 3.05) is 13.7 Å². The second-order valence-corrected chi connectivity index (χ2v) is 4.66. The molecule has 3 nitrogen and oxygen atoms in total. The van der Waals surface area contributed by atoms with Crippen LogP contribution in [0.5, 0.6) is 0 Å². The van der Waals surface area contributed by atoms with Gasteiger partial charge in [-0.05, 0) is 24.1 Å². The van der Waals surface area contributed by atoms with E-state index in [1.807, 2.05) is 61.5 Å². The van der Waals surface area contributed by atoms with E-state index in [-0.39, 0.29) is 12.0 Å². The molecule has 0 aliphatic heterocycles. The van der Waals surface area contributed by atoms with Crippen molar-refractivity contribution in [1.29, 1.82) is 0 Å². The molecule has 0 saturated heterocycles. The molecule has 0 spiro atoms. The Morgan fingerprint density at radius 1 is 1.10 bits per heavy atom. The average Bonchev–Trinajstić information content (AvgIpc) is 2.49. The van der Waals surface area contributed by atoms with Crippen LogP contribution in [0, 0.1) is 6.92 Å². The summed E-state index contributed by atoms with van der Waals surface area (Å²) in [6, 6.07) is 17.4. The van der Waals surface area contributed by atoms with Crippen LogP contribution in [0.4, 0.5) is 0 Å². The Labute approximate surface area is 119 Å². The van der Waals surface area contributed by atoms with Crippen molar-refractivity contribution in [3.05, 3.63) is 71.3 Å². The first-order valence-electron chi connectivity index (χ1n) is 6.64. The van der Waals surface area contributed by atoms with Gasteiger partial charge in [0.15, 0.2) is 0 Å². The van der Waals surface area contributed by atoms with Gasteiger partial charge >= 0.3 is 0 Å². The van der Waals surface area contributed by atoms with Crippen LogP contribution < -0.4 is 5.32 Å². The molecule has 0 radical (unpaired) electrons. The summed E-state index contributed by atoms with van der Waals surface area (Å²) in [6.07, 6.45) is -0.135. The fourth-order valence-electron chi connectivity index (χ4n) is 2.11. The molecule has 1 atom stereocenters. The Kier molecular flexibility index (Phi) is 4.91. The highest BCUT2D eigenvalue weighted by Crippen LogP contribution is 2.15. The van der Waals surface area contributed by atoms with E-state index in [0.29, 0.717) is 12.1 Å². The summed E-state index contributed by atoms with van der Waals surface area (Å²) < 4.78 is 5.44. The quantitative estimate of drug-likeness (QED) is 0.905. The number of hydrogen-bond acceptors (Lipinski definition) is 2. The largest absolute Gasteiger partial charge is 0.375 e. The highest BCUT2D eigenvalue weighted by atomic mass is 16.5. The number of carbonyl (C=O) groups is 1. The van der Waals surface area contributed by atoms with Crippen LogP contribution >= 0.6 is 0 Å². The first-order chi connectivity index (χ1) is 9.72. The van der Waals surface area contributed by atoms with Gasteiger partial charge in [0.25, 0.3) is 5.91 Å². The lowest BCUT2D eigenvalue weighted by atomic mass is 10.1. The topological polar surface area (TPSA) is 38.3 Å². The van der Waals surface area contributed by atoms with Crippen molar-refractivity contribution >= 4 is 5.91 Å². The third kappa shape index (κ3) is 3.45. The third-order valence-corrected chi connectivity index (χ3v) is 3.29. The van der Waals surface area contributed by atoms with Gasteiger partial charge in [0.05, 0.1) is 6.10 Å². The molecule has 0 fully saturated rings. The zero-order chi connectivity index (χ0) is 14.4. The average molecular weight is 269 g/mol. The van der Waals surface area contributed by atoms with Crippen molar-refractivity contribution in [2.45, 2.75) is 13.0 Å². The molecule has 1 unspecified atom stereocenters. The van der Waals surface area contributed by atoms with Gasteiger partial charge in [-0.2, -0.15) is 0 Å². The Bertz CT molecular complexity index is 566. The van der Waals surface area contributed by atoms with E-state index in [1.165, 1.54) is 0 Å². The maximum absolute atomic E-state index is 12.2. The molecular weight excluding hydrogens is 250 g/mol. The van der Waals surface area contributed by atoms with Crippen molar-refractivity contribution in [3.63, 3.8) is 0 Å². The number of nitrogens with one attached hydrogen (secondary N) is 1. The molecule has 0 aliphatic rings. The van der Waals surface area contributed by atoms with Gasteiger partial charge in [-0.15, -0.1) is 0 Å². The second kappa shape index (κ2) is 6.87. The number of carbonyl (C=O) groups excluding carboxylic acids is 1. The highest BCUT2D eigenvalue weighted by molar-refractivity contribution is 5.95. The minimum absolute atomic E-state index is 0.0684. The number of rotatable bonds is 5. The van der Waals surface area contributed by atoms with Crippen LogP contribution in [0.15, 0.2) is 54.6 Å². The highest BCUT2D eigenvalue weighted by Gasteiger charge is 2.13. The predicted molar refractivity (Wildman–Crippen MR) is 79.7 cm³/mol. The van der Waals surface area contributed by atoms with E-state index in [2.05, 4.69) is 5.32 Å². The molecule has 20 heavy (non-hydrogen) atoms. The molecule has 1 N–H and O–H groups in total. The fraction of sp³-hybridized carbons (Fsp3) is 0.235. The first kappa shape index (κ1) is 14.3. The number of hydrogen-bond donors (Lipinski definition) is 1. The van der Waals surface area contributed by atoms with Crippen molar-refractivity contribution in [3.8, 4) is 0 Å². The monoisotopic (exact) mass is 269 g/mol. The standard InChI is InChI=1S/C17H19NO2/c1-13-8-6-7-11-15(13)17(19)18-12-16(20-2)14-9-4-3-5-10-14/h3-11,16H,12H2,1-2H3,(H,18,19).